The Morgan fingerprint density at radius 3 is 2.71 bits per heavy atom. The van der Waals surface area contributed by atoms with Crippen LogP contribution in [0.15, 0.2) is 12.2 Å². The SMILES string of the molecule is CCN(CC)CC(O)CNCC1CC=CCC1. The third-order valence-corrected chi connectivity index (χ3v) is 3.55. The summed E-state index contributed by atoms with van der Waals surface area (Å²) < 4.78 is 0. The average molecular weight is 240 g/mol. The molecule has 1 aliphatic rings. The molecule has 3 heteroatoms. The lowest BCUT2D eigenvalue weighted by molar-refractivity contribution is 0.115. The Hall–Kier alpha value is -0.380. The van der Waals surface area contributed by atoms with Gasteiger partial charge in [-0.3, -0.25) is 0 Å². The third-order valence-electron chi connectivity index (χ3n) is 3.55. The molecule has 0 aromatic heterocycles. The van der Waals surface area contributed by atoms with E-state index in [9.17, 15) is 5.11 Å². The van der Waals surface area contributed by atoms with Crippen LogP contribution in [-0.2, 0) is 0 Å². The van der Waals surface area contributed by atoms with Crippen molar-refractivity contribution in [2.45, 2.75) is 39.2 Å². The molecule has 1 aliphatic carbocycles. The lowest BCUT2D eigenvalue weighted by Crippen LogP contribution is -2.39. The molecule has 0 saturated carbocycles. The molecular formula is C14H28N2O. The summed E-state index contributed by atoms with van der Waals surface area (Å²) in [7, 11) is 0. The second kappa shape index (κ2) is 8.67. The molecule has 0 amide bonds. The molecule has 0 aromatic carbocycles. The summed E-state index contributed by atoms with van der Waals surface area (Å²) in [6, 6.07) is 0. The van der Waals surface area contributed by atoms with Crippen molar-refractivity contribution >= 4 is 0 Å². The van der Waals surface area contributed by atoms with Crippen LogP contribution in [0.25, 0.3) is 0 Å². The van der Waals surface area contributed by atoms with Gasteiger partial charge in [0.15, 0.2) is 0 Å². The standard InChI is InChI=1S/C14H28N2O/c1-3-16(4-2)12-14(17)11-15-10-13-8-6-5-7-9-13/h5-6,13-15,17H,3-4,7-12H2,1-2H3. The molecule has 3 nitrogen and oxygen atoms in total. The largest absolute Gasteiger partial charge is 0.390 e. The highest BCUT2D eigenvalue weighted by molar-refractivity contribution is 4.90. The van der Waals surface area contributed by atoms with E-state index in [1.165, 1.54) is 19.3 Å². The molecule has 2 N–H and O–H groups in total. The number of nitrogens with one attached hydrogen (secondary N) is 1. The highest BCUT2D eigenvalue weighted by Gasteiger charge is 2.11. The summed E-state index contributed by atoms with van der Waals surface area (Å²) in [5.74, 6) is 0.764. The monoisotopic (exact) mass is 240 g/mol. The summed E-state index contributed by atoms with van der Waals surface area (Å²) in [6.45, 7) is 8.85. The summed E-state index contributed by atoms with van der Waals surface area (Å²) in [5, 5.41) is 13.3. The number of rotatable bonds is 8. The predicted molar refractivity (Wildman–Crippen MR) is 73.1 cm³/mol. The van der Waals surface area contributed by atoms with Gasteiger partial charge >= 0.3 is 0 Å². The van der Waals surface area contributed by atoms with Crippen molar-refractivity contribution in [2.24, 2.45) is 5.92 Å². The number of hydrogen-bond donors (Lipinski definition) is 2. The lowest BCUT2D eigenvalue weighted by atomic mass is 9.94. The van der Waals surface area contributed by atoms with Crippen molar-refractivity contribution < 1.29 is 5.11 Å². The van der Waals surface area contributed by atoms with E-state index in [4.69, 9.17) is 0 Å². The first-order valence-electron chi connectivity index (χ1n) is 7.02. The van der Waals surface area contributed by atoms with Gasteiger partial charge in [0.2, 0.25) is 0 Å². The number of nitrogens with zero attached hydrogens (tertiary/aromatic N) is 1. The van der Waals surface area contributed by atoms with Crippen LogP contribution in [0, 0.1) is 5.92 Å². The van der Waals surface area contributed by atoms with Crippen LogP contribution in [-0.4, -0.2) is 48.8 Å². The van der Waals surface area contributed by atoms with Crippen LogP contribution >= 0.6 is 0 Å². The molecule has 2 unspecified atom stereocenters. The van der Waals surface area contributed by atoms with Gasteiger partial charge in [0.1, 0.15) is 0 Å². The maximum atomic E-state index is 9.89. The fourth-order valence-corrected chi connectivity index (χ4v) is 2.34. The first-order chi connectivity index (χ1) is 8.26. The van der Waals surface area contributed by atoms with E-state index < -0.39 is 0 Å². The zero-order valence-corrected chi connectivity index (χ0v) is 11.4. The number of likely N-dealkylation sites (N-methyl/N-ethyl adjacent to an activating group) is 1. The molecule has 1 rings (SSSR count). The van der Waals surface area contributed by atoms with Gasteiger partial charge in [-0.05, 0) is 44.8 Å². The third kappa shape index (κ3) is 6.20. The molecule has 100 valence electrons. The number of aliphatic hydroxyl groups is 1. The second-order valence-corrected chi connectivity index (χ2v) is 4.95. The Morgan fingerprint density at radius 2 is 2.12 bits per heavy atom. The van der Waals surface area contributed by atoms with E-state index >= 15 is 0 Å². The van der Waals surface area contributed by atoms with Gasteiger partial charge in [-0.15, -0.1) is 0 Å². The minimum absolute atomic E-state index is 0.242. The topological polar surface area (TPSA) is 35.5 Å². The van der Waals surface area contributed by atoms with Crippen LogP contribution in [0.2, 0.25) is 0 Å². The molecule has 2 atom stereocenters. The summed E-state index contributed by atoms with van der Waals surface area (Å²) in [6.07, 6.45) is 8.01. The highest BCUT2D eigenvalue weighted by Crippen LogP contribution is 2.16. The minimum atomic E-state index is -0.242. The first-order valence-corrected chi connectivity index (χ1v) is 7.02. The first kappa shape index (κ1) is 14.7. The van der Waals surface area contributed by atoms with E-state index in [1.807, 2.05) is 0 Å². The van der Waals surface area contributed by atoms with Gasteiger partial charge < -0.3 is 15.3 Å². The quantitative estimate of drug-likeness (QED) is 0.633. The molecular weight excluding hydrogens is 212 g/mol. The van der Waals surface area contributed by atoms with Gasteiger partial charge in [0.25, 0.3) is 0 Å². The molecule has 0 aliphatic heterocycles. The molecule has 0 heterocycles. The molecule has 0 radical (unpaired) electrons. The predicted octanol–water partition coefficient (Wildman–Crippen LogP) is 1.63. The minimum Gasteiger partial charge on any atom is -0.390 e. The second-order valence-electron chi connectivity index (χ2n) is 4.95. The number of hydrogen-bond acceptors (Lipinski definition) is 3. The van der Waals surface area contributed by atoms with Gasteiger partial charge in [0.05, 0.1) is 6.10 Å². The molecule has 0 spiro atoms. The summed E-state index contributed by atoms with van der Waals surface area (Å²) in [5.41, 5.74) is 0. The zero-order valence-electron chi connectivity index (χ0n) is 11.4. The Labute approximate surface area is 106 Å². The van der Waals surface area contributed by atoms with E-state index in [2.05, 4.69) is 36.2 Å². The van der Waals surface area contributed by atoms with Crippen molar-refractivity contribution in [3.8, 4) is 0 Å². The van der Waals surface area contributed by atoms with Crippen LogP contribution < -0.4 is 5.32 Å². The summed E-state index contributed by atoms with van der Waals surface area (Å²) >= 11 is 0. The maximum absolute atomic E-state index is 9.89. The van der Waals surface area contributed by atoms with E-state index in [0.29, 0.717) is 0 Å². The van der Waals surface area contributed by atoms with Crippen molar-refractivity contribution in [3.63, 3.8) is 0 Å². The molecule has 0 bridgehead atoms. The van der Waals surface area contributed by atoms with Gasteiger partial charge in [-0.2, -0.15) is 0 Å². The van der Waals surface area contributed by atoms with Gasteiger partial charge in [-0.1, -0.05) is 26.0 Å². The Morgan fingerprint density at radius 1 is 1.35 bits per heavy atom. The van der Waals surface area contributed by atoms with Crippen molar-refractivity contribution in [3.05, 3.63) is 12.2 Å². The number of aliphatic hydroxyl groups excluding tert-OH is 1. The highest BCUT2D eigenvalue weighted by atomic mass is 16.3. The van der Waals surface area contributed by atoms with E-state index in [1.54, 1.807) is 0 Å². The zero-order chi connectivity index (χ0) is 12.5. The van der Waals surface area contributed by atoms with E-state index in [-0.39, 0.29) is 6.10 Å². The Balaban J connectivity index is 2.06. The Kier molecular flexibility index (Phi) is 7.49. The van der Waals surface area contributed by atoms with Gasteiger partial charge in [0, 0.05) is 13.1 Å². The molecule has 0 fully saturated rings. The van der Waals surface area contributed by atoms with Crippen LogP contribution in [0.4, 0.5) is 0 Å². The number of allylic oxidation sites excluding steroid dienone is 2. The lowest BCUT2D eigenvalue weighted by Gasteiger charge is -2.23. The van der Waals surface area contributed by atoms with Crippen LogP contribution in [0.3, 0.4) is 0 Å². The Bertz CT molecular complexity index is 214. The smallest absolute Gasteiger partial charge is 0.0791 e. The normalized spacial score (nSPS) is 22.0. The maximum Gasteiger partial charge on any atom is 0.0791 e. The van der Waals surface area contributed by atoms with Crippen molar-refractivity contribution in [2.75, 3.05) is 32.7 Å². The molecule has 0 saturated heterocycles. The van der Waals surface area contributed by atoms with Gasteiger partial charge in [-0.25, -0.2) is 0 Å². The fourth-order valence-electron chi connectivity index (χ4n) is 2.34. The molecule has 17 heavy (non-hydrogen) atoms. The molecule has 0 aromatic rings. The average Bonchev–Trinajstić information content (AvgIpc) is 2.37. The van der Waals surface area contributed by atoms with Crippen molar-refractivity contribution in [1.82, 2.24) is 10.2 Å². The summed E-state index contributed by atoms with van der Waals surface area (Å²) in [4.78, 5) is 2.26. The van der Waals surface area contributed by atoms with Crippen LogP contribution in [0.1, 0.15) is 33.1 Å². The van der Waals surface area contributed by atoms with Crippen LogP contribution in [0.5, 0.6) is 0 Å². The fraction of sp³-hybridized carbons (Fsp3) is 0.857. The van der Waals surface area contributed by atoms with Crippen molar-refractivity contribution in [1.29, 1.82) is 0 Å². The van der Waals surface area contributed by atoms with E-state index in [0.717, 1.165) is 38.6 Å².